The van der Waals surface area contributed by atoms with Gasteiger partial charge in [-0.25, -0.2) is 9.97 Å². The zero-order valence-electron chi connectivity index (χ0n) is 9.44. The van der Waals surface area contributed by atoms with Crippen molar-refractivity contribution in [3.63, 3.8) is 0 Å². The van der Waals surface area contributed by atoms with E-state index in [-0.39, 0.29) is 0 Å². The molecule has 0 fully saturated rings. The molecule has 0 aromatic carbocycles. The molecule has 0 saturated carbocycles. The van der Waals surface area contributed by atoms with E-state index in [0.717, 1.165) is 22.6 Å². The molecular weight excluding hydrogens is 266 g/mol. The van der Waals surface area contributed by atoms with Crippen molar-refractivity contribution in [3.05, 3.63) is 28.3 Å². The zero-order valence-corrected chi connectivity index (χ0v) is 11.0. The van der Waals surface area contributed by atoms with Crippen molar-refractivity contribution in [2.45, 2.75) is 32.6 Å². The Labute approximate surface area is 103 Å². The molecule has 2 aromatic rings. The highest BCUT2D eigenvalue weighted by Gasteiger charge is 2.27. The number of rotatable bonds is 0. The summed E-state index contributed by atoms with van der Waals surface area (Å²) in [5.74, 6) is 2.10. The maximum atomic E-state index is 4.66. The Bertz CT molecular complexity index is 546. The normalized spacial score (nSPS) is 24.7. The molecule has 1 aliphatic carbocycles. The van der Waals surface area contributed by atoms with Gasteiger partial charge in [-0.1, -0.05) is 13.8 Å². The van der Waals surface area contributed by atoms with Gasteiger partial charge in [0.05, 0.1) is 10.2 Å². The van der Waals surface area contributed by atoms with E-state index in [4.69, 9.17) is 0 Å². The molecule has 2 heterocycles. The molecule has 16 heavy (non-hydrogen) atoms. The lowest BCUT2D eigenvalue weighted by Gasteiger charge is -2.24. The van der Waals surface area contributed by atoms with Crippen LogP contribution in [0.25, 0.3) is 5.78 Å². The van der Waals surface area contributed by atoms with Crippen molar-refractivity contribution in [3.8, 4) is 0 Å². The first-order valence-electron chi connectivity index (χ1n) is 5.69. The number of halogens is 1. The van der Waals surface area contributed by atoms with Gasteiger partial charge >= 0.3 is 0 Å². The average Bonchev–Trinajstić information content (AvgIpc) is 2.62. The van der Waals surface area contributed by atoms with E-state index in [9.17, 15) is 0 Å². The second-order valence-corrected chi connectivity index (χ2v) is 5.61. The standard InChI is InChI=1S/C12H14BrN3/c1-7-3-4-10-11(8(7)2)15-12-14-5-9(13)6-16(10)12/h5-8H,3-4H2,1-2H3. The minimum absolute atomic E-state index is 0.546. The van der Waals surface area contributed by atoms with Gasteiger partial charge in [-0.15, -0.1) is 0 Å². The summed E-state index contributed by atoms with van der Waals surface area (Å²) < 4.78 is 3.13. The number of hydrogen-bond donors (Lipinski definition) is 0. The molecule has 2 unspecified atom stereocenters. The number of hydrogen-bond acceptors (Lipinski definition) is 2. The van der Waals surface area contributed by atoms with E-state index in [1.54, 1.807) is 0 Å². The van der Waals surface area contributed by atoms with Crippen LogP contribution in [-0.4, -0.2) is 14.4 Å². The summed E-state index contributed by atoms with van der Waals surface area (Å²) in [6.07, 6.45) is 6.23. The monoisotopic (exact) mass is 279 g/mol. The van der Waals surface area contributed by atoms with Crippen molar-refractivity contribution in [1.82, 2.24) is 14.4 Å². The predicted molar refractivity (Wildman–Crippen MR) is 66.6 cm³/mol. The first-order valence-corrected chi connectivity index (χ1v) is 6.48. The fourth-order valence-corrected chi connectivity index (χ4v) is 2.78. The molecule has 0 aliphatic heterocycles. The zero-order chi connectivity index (χ0) is 11.3. The summed E-state index contributed by atoms with van der Waals surface area (Å²) in [4.78, 5) is 9.01. The Morgan fingerprint density at radius 1 is 1.44 bits per heavy atom. The van der Waals surface area contributed by atoms with Crippen LogP contribution in [0.5, 0.6) is 0 Å². The molecule has 0 radical (unpaired) electrons. The number of imidazole rings is 1. The Kier molecular flexibility index (Phi) is 2.28. The van der Waals surface area contributed by atoms with Crippen molar-refractivity contribution in [1.29, 1.82) is 0 Å². The van der Waals surface area contributed by atoms with Crippen LogP contribution < -0.4 is 0 Å². The molecule has 0 spiro atoms. The quantitative estimate of drug-likeness (QED) is 0.742. The minimum Gasteiger partial charge on any atom is -0.287 e. The Morgan fingerprint density at radius 2 is 2.25 bits per heavy atom. The summed E-state index contributed by atoms with van der Waals surface area (Å²) in [6.45, 7) is 4.57. The molecule has 0 bridgehead atoms. The van der Waals surface area contributed by atoms with Crippen LogP contribution in [0.3, 0.4) is 0 Å². The largest absolute Gasteiger partial charge is 0.287 e. The SMILES string of the molecule is CC1CCc2c(nc3ncc(Br)cn23)C1C. The third kappa shape index (κ3) is 1.39. The van der Waals surface area contributed by atoms with Crippen molar-refractivity contribution < 1.29 is 0 Å². The highest BCUT2D eigenvalue weighted by Crippen LogP contribution is 2.35. The summed E-state index contributed by atoms with van der Waals surface area (Å²) in [5, 5.41) is 0. The van der Waals surface area contributed by atoms with Crippen LogP contribution in [0.4, 0.5) is 0 Å². The first kappa shape index (κ1) is 10.3. The molecule has 3 rings (SSSR count). The fourth-order valence-electron chi connectivity index (χ4n) is 2.47. The van der Waals surface area contributed by atoms with Gasteiger partial charge in [-0.3, -0.25) is 4.40 Å². The summed E-state index contributed by atoms with van der Waals surface area (Å²) in [7, 11) is 0. The lowest BCUT2D eigenvalue weighted by Crippen LogP contribution is -2.16. The topological polar surface area (TPSA) is 30.2 Å². The van der Waals surface area contributed by atoms with E-state index < -0.39 is 0 Å². The van der Waals surface area contributed by atoms with Crippen LogP contribution in [0.1, 0.15) is 37.6 Å². The molecule has 2 atom stereocenters. The molecule has 2 aromatic heterocycles. The van der Waals surface area contributed by atoms with E-state index in [1.807, 2.05) is 6.20 Å². The van der Waals surface area contributed by atoms with Gasteiger partial charge < -0.3 is 0 Å². The van der Waals surface area contributed by atoms with Gasteiger partial charge in [-0.2, -0.15) is 0 Å². The third-order valence-corrected chi connectivity index (χ3v) is 4.11. The van der Waals surface area contributed by atoms with Crippen molar-refractivity contribution in [2.24, 2.45) is 5.92 Å². The van der Waals surface area contributed by atoms with E-state index in [0.29, 0.717) is 5.92 Å². The van der Waals surface area contributed by atoms with E-state index in [1.165, 1.54) is 17.8 Å². The molecule has 4 heteroatoms. The van der Waals surface area contributed by atoms with E-state index >= 15 is 0 Å². The molecule has 84 valence electrons. The molecular formula is C12H14BrN3. The van der Waals surface area contributed by atoms with Gasteiger partial charge in [0.25, 0.3) is 0 Å². The fraction of sp³-hybridized carbons (Fsp3) is 0.500. The van der Waals surface area contributed by atoms with Crippen LogP contribution in [0, 0.1) is 5.92 Å². The molecule has 3 nitrogen and oxygen atoms in total. The highest BCUT2D eigenvalue weighted by molar-refractivity contribution is 9.10. The third-order valence-electron chi connectivity index (χ3n) is 3.70. The van der Waals surface area contributed by atoms with Crippen molar-refractivity contribution in [2.75, 3.05) is 0 Å². The van der Waals surface area contributed by atoms with Crippen LogP contribution >= 0.6 is 15.9 Å². The summed E-state index contributed by atoms with van der Waals surface area (Å²) in [5.41, 5.74) is 2.58. The van der Waals surface area contributed by atoms with Crippen molar-refractivity contribution >= 4 is 21.7 Å². The van der Waals surface area contributed by atoms with Crippen LogP contribution in [0.2, 0.25) is 0 Å². The number of nitrogens with zero attached hydrogens (tertiary/aromatic N) is 3. The second-order valence-electron chi connectivity index (χ2n) is 4.69. The Hall–Kier alpha value is -0.900. The first-order chi connectivity index (χ1) is 7.66. The molecule has 0 saturated heterocycles. The van der Waals surface area contributed by atoms with E-state index in [2.05, 4.69) is 50.3 Å². The smallest absolute Gasteiger partial charge is 0.234 e. The van der Waals surface area contributed by atoms with Crippen LogP contribution in [-0.2, 0) is 6.42 Å². The predicted octanol–water partition coefficient (Wildman–Crippen LogP) is 3.18. The lowest BCUT2D eigenvalue weighted by molar-refractivity contribution is 0.415. The van der Waals surface area contributed by atoms with Crippen LogP contribution in [0.15, 0.2) is 16.9 Å². The number of aryl methyl sites for hydroxylation is 1. The van der Waals surface area contributed by atoms with Gasteiger partial charge in [0.1, 0.15) is 0 Å². The molecule has 1 aliphatic rings. The average molecular weight is 280 g/mol. The maximum absolute atomic E-state index is 4.66. The summed E-state index contributed by atoms with van der Waals surface area (Å²) >= 11 is 3.46. The van der Waals surface area contributed by atoms with Gasteiger partial charge in [0.15, 0.2) is 0 Å². The Morgan fingerprint density at radius 3 is 3.06 bits per heavy atom. The second kappa shape index (κ2) is 3.55. The van der Waals surface area contributed by atoms with Gasteiger partial charge in [-0.05, 0) is 34.7 Å². The highest BCUT2D eigenvalue weighted by atomic mass is 79.9. The number of aromatic nitrogens is 3. The van der Waals surface area contributed by atoms with Gasteiger partial charge in [0.2, 0.25) is 5.78 Å². The molecule has 0 N–H and O–H groups in total. The Balaban J connectivity index is 2.26. The molecule has 0 amide bonds. The minimum atomic E-state index is 0.546. The lowest BCUT2D eigenvalue weighted by atomic mass is 9.82. The summed E-state index contributed by atoms with van der Waals surface area (Å²) in [6, 6.07) is 0. The maximum Gasteiger partial charge on any atom is 0.234 e. The van der Waals surface area contributed by atoms with Gasteiger partial charge in [0, 0.05) is 24.0 Å². The number of fused-ring (bicyclic) bond motifs is 3.